The predicted molar refractivity (Wildman–Crippen MR) is 114 cm³/mol. The molecule has 148 valence electrons. The molecule has 1 atom stereocenters. The van der Waals surface area contributed by atoms with Crippen LogP contribution >= 0.6 is 11.6 Å². The Morgan fingerprint density at radius 3 is 2.73 bits per heavy atom. The van der Waals surface area contributed by atoms with E-state index in [4.69, 9.17) is 21.1 Å². The number of aromatic nitrogens is 3. The van der Waals surface area contributed by atoms with E-state index in [1.807, 2.05) is 36.4 Å². The average molecular weight is 417 g/mol. The summed E-state index contributed by atoms with van der Waals surface area (Å²) in [6.07, 6.45) is 4.51. The summed E-state index contributed by atoms with van der Waals surface area (Å²) in [5.41, 5.74) is 3.25. The third-order valence-corrected chi connectivity index (χ3v) is 5.55. The van der Waals surface area contributed by atoms with Crippen molar-refractivity contribution in [3.63, 3.8) is 0 Å². The minimum absolute atomic E-state index is 0.234. The number of benzene rings is 2. The molecular weight excluding hydrogens is 400 g/mol. The third-order valence-electron chi connectivity index (χ3n) is 5.26. The zero-order valence-electron chi connectivity index (χ0n) is 16.0. The Labute approximate surface area is 178 Å². The summed E-state index contributed by atoms with van der Waals surface area (Å²) in [4.78, 5) is 8.66. The summed E-state index contributed by atoms with van der Waals surface area (Å²) < 4.78 is 13.6. The molecule has 0 spiro atoms. The van der Waals surface area contributed by atoms with E-state index < -0.39 is 0 Å². The Kier molecular flexibility index (Phi) is 4.83. The number of para-hydroxylation sites is 1. The van der Waals surface area contributed by atoms with Crippen molar-refractivity contribution in [2.45, 2.75) is 12.5 Å². The van der Waals surface area contributed by atoms with Crippen molar-refractivity contribution in [3.05, 3.63) is 71.8 Å². The summed E-state index contributed by atoms with van der Waals surface area (Å²) >= 11 is 6.45. The first kappa shape index (κ1) is 18.6. The monoisotopic (exact) mass is 416 g/mol. The van der Waals surface area contributed by atoms with Gasteiger partial charge in [0.1, 0.15) is 34.7 Å². The van der Waals surface area contributed by atoms with E-state index in [0.717, 1.165) is 35.2 Å². The lowest BCUT2D eigenvalue weighted by atomic mass is 10.1. The van der Waals surface area contributed by atoms with Gasteiger partial charge in [0.15, 0.2) is 0 Å². The van der Waals surface area contributed by atoms with Crippen LogP contribution in [0.2, 0.25) is 5.15 Å². The highest BCUT2D eigenvalue weighted by Crippen LogP contribution is 2.37. The van der Waals surface area contributed by atoms with E-state index in [1.165, 1.54) is 6.33 Å². The van der Waals surface area contributed by atoms with Gasteiger partial charge in [-0.25, -0.2) is 9.97 Å². The summed E-state index contributed by atoms with van der Waals surface area (Å²) in [6, 6.07) is 17.2. The second kappa shape index (κ2) is 7.79. The van der Waals surface area contributed by atoms with Crippen molar-refractivity contribution < 1.29 is 9.47 Å². The van der Waals surface area contributed by atoms with Gasteiger partial charge in [-0.3, -0.25) is 0 Å². The number of rotatable bonds is 4. The second-order valence-corrected chi connectivity index (χ2v) is 7.42. The van der Waals surface area contributed by atoms with Crippen molar-refractivity contribution in [1.82, 2.24) is 14.5 Å². The van der Waals surface area contributed by atoms with Crippen molar-refractivity contribution in [1.29, 1.82) is 5.26 Å². The maximum absolute atomic E-state index is 9.24. The molecule has 7 heteroatoms. The van der Waals surface area contributed by atoms with Gasteiger partial charge in [-0.15, -0.1) is 0 Å². The van der Waals surface area contributed by atoms with Gasteiger partial charge in [0, 0.05) is 18.4 Å². The Morgan fingerprint density at radius 2 is 1.97 bits per heavy atom. The lowest BCUT2D eigenvalue weighted by Gasteiger charge is -2.10. The molecule has 5 rings (SSSR count). The van der Waals surface area contributed by atoms with Crippen LogP contribution in [0.3, 0.4) is 0 Å². The number of ether oxygens (including phenoxy) is 2. The van der Waals surface area contributed by atoms with Crippen LogP contribution in [0.5, 0.6) is 11.5 Å². The largest absolute Gasteiger partial charge is 0.456 e. The molecule has 1 saturated heterocycles. The van der Waals surface area contributed by atoms with Gasteiger partial charge in [0.2, 0.25) is 0 Å². The van der Waals surface area contributed by atoms with Gasteiger partial charge < -0.3 is 14.0 Å². The summed E-state index contributed by atoms with van der Waals surface area (Å²) in [5, 5.41) is 10.5. The van der Waals surface area contributed by atoms with Crippen LogP contribution in [0.15, 0.2) is 61.1 Å². The summed E-state index contributed by atoms with van der Waals surface area (Å²) in [6.45, 7) is 1.41. The number of nitrogens with zero attached hydrogens (tertiary/aromatic N) is 4. The third kappa shape index (κ3) is 3.28. The van der Waals surface area contributed by atoms with E-state index in [0.29, 0.717) is 28.8 Å². The van der Waals surface area contributed by atoms with Gasteiger partial charge in [-0.1, -0.05) is 35.9 Å². The molecule has 30 heavy (non-hydrogen) atoms. The van der Waals surface area contributed by atoms with Crippen molar-refractivity contribution in [3.8, 4) is 28.7 Å². The standard InChI is InChI=1S/C23H17ClN4O2/c24-22-21-19(12-28(17-9-10-29-13-17)23(21)27-14-26-22)15-5-7-18(8-6-15)30-20-4-2-1-3-16(20)11-25/h1-8,12,14,17H,9-10,13H2. The van der Waals surface area contributed by atoms with Gasteiger partial charge in [0.25, 0.3) is 0 Å². The molecule has 3 heterocycles. The van der Waals surface area contributed by atoms with Crippen molar-refractivity contribution in [2.75, 3.05) is 13.2 Å². The zero-order valence-corrected chi connectivity index (χ0v) is 16.7. The zero-order chi connectivity index (χ0) is 20.5. The molecule has 2 aromatic heterocycles. The molecule has 0 N–H and O–H groups in total. The van der Waals surface area contributed by atoms with E-state index in [9.17, 15) is 5.26 Å². The Morgan fingerprint density at radius 1 is 1.13 bits per heavy atom. The van der Waals surface area contributed by atoms with Gasteiger partial charge in [-0.05, 0) is 36.2 Å². The van der Waals surface area contributed by atoms with Gasteiger partial charge >= 0.3 is 0 Å². The predicted octanol–water partition coefficient (Wildman–Crippen LogP) is 5.38. The molecule has 0 bridgehead atoms. The minimum atomic E-state index is 0.234. The maximum atomic E-state index is 9.24. The first-order valence-electron chi connectivity index (χ1n) is 9.61. The van der Waals surface area contributed by atoms with Crippen molar-refractivity contribution in [2.24, 2.45) is 0 Å². The van der Waals surface area contributed by atoms with E-state index in [2.05, 4.69) is 26.8 Å². The smallest absolute Gasteiger partial charge is 0.145 e. The van der Waals surface area contributed by atoms with E-state index in [-0.39, 0.29) is 6.04 Å². The fourth-order valence-electron chi connectivity index (χ4n) is 3.76. The molecule has 1 fully saturated rings. The quantitative estimate of drug-likeness (QED) is 0.418. The van der Waals surface area contributed by atoms with Crippen LogP contribution < -0.4 is 4.74 Å². The van der Waals surface area contributed by atoms with Crippen LogP contribution in [0.4, 0.5) is 0 Å². The number of hydrogen-bond donors (Lipinski definition) is 0. The van der Waals surface area contributed by atoms with Gasteiger partial charge in [-0.2, -0.15) is 5.26 Å². The average Bonchev–Trinajstić information content (AvgIpc) is 3.43. The fraction of sp³-hybridized carbons (Fsp3) is 0.174. The van der Waals surface area contributed by atoms with Crippen molar-refractivity contribution >= 4 is 22.6 Å². The number of fused-ring (bicyclic) bond motifs is 1. The lowest BCUT2D eigenvalue weighted by Crippen LogP contribution is -2.07. The molecule has 0 saturated carbocycles. The van der Waals surface area contributed by atoms with E-state index in [1.54, 1.807) is 12.1 Å². The van der Waals surface area contributed by atoms with Crippen LogP contribution in [0.25, 0.3) is 22.2 Å². The molecule has 1 unspecified atom stereocenters. The van der Waals surface area contributed by atoms with E-state index >= 15 is 0 Å². The van der Waals surface area contributed by atoms with Crippen LogP contribution in [-0.4, -0.2) is 27.7 Å². The molecule has 0 amide bonds. The molecule has 0 radical (unpaired) electrons. The maximum Gasteiger partial charge on any atom is 0.145 e. The summed E-state index contributed by atoms with van der Waals surface area (Å²) in [5.74, 6) is 1.18. The molecule has 0 aliphatic carbocycles. The number of hydrogen-bond acceptors (Lipinski definition) is 5. The molecule has 1 aliphatic rings. The molecule has 2 aromatic carbocycles. The molecule has 1 aliphatic heterocycles. The van der Waals surface area contributed by atoms with Crippen LogP contribution in [0, 0.1) is 11.3 Å². The highest BCUT2D eigenvalue weighted by Gasteiger charge is 2.23. The minimum Gasteiger partial charge on any atom is -0.456 e. The SMILES string of the molecule is N#Cc1ccccc1Oc1ccc(-c2cn(C3CCOC3)c3ncnc(Cl)c23)cc1. The van der Waals surface area contributed by atoms with Crippen LogP contribution in [0.1, 0.15) is 18.0 Å². The van der Waals surface area contributed by atoms with Crippen LogP contribution in [-0.2, 0) is 4.74 Å². The molecule has 4 aromatic rings. The Hall–Kier alpha value is -3.40. The fourth-order valence-corrected chi connectivity index (χ4v) is 3.99. The van der Waals surface area contributed by atoms with Gasteiger partial charge in [0.05, 0.1) is 23.6 Å². The summed E-state index contributed by atoms with van der Waals surface area (Å²) in [7, 11) is 0. The lowest BCUT2D eigenvalue weighted by molar-refractivity contribution is 0.187. The Bertz CT molecular complexity index is 1250. The second-order valence-electron chi connectivity index (χ2n) is 7.06. The highest BCUT2D eigenvalue weighted by molar-refractivity contribution is 6.35. The molecule has 6 nitrogen and oxygen atoms in total. The number of halogens is 1. The first-order chi connectivity index (χ1) is 14.7. The first-order valence-corrected chi connectivity index (χ1v) is 9.98. The highest BCUT2D eigenvalue weighted by atomic mass is 35.5. The number of nitriles is 1. The normalized spacial score (nSPS) is 15.9. The Balaban J connectivity index is 1.52. The molecular formula is C23H17ClN4O2. The topological polar surface area (TPSA) is 73.0 Å².